The standard InChI is InChI=1S/C75H146O17P2/c1-7-9-11-13-15-17-19-20-21-22-23-24-25-26-27-28-30-36-40-48-54-60-75(80)91-70(63-85-72(77)57-51-45-38-34-32-31-33-37-43-49-55-67(3)4)65-89-93(81,82)87-61-69(76)62-88-94(83,84)90-66-71(64-86-73(78)58-52-46-42-41-44-50-56-68(5)6)92-74(79)59-53-47-39-35-29-18-16-14-12-10-8-2/h67-71,76H,7-66H2,1-6H3,(H,81,82)(H,83,84)/t69-,70-,71-/m1/s1. The number of aliphatic hydroxyl groups excluding tert-OH is 1. The van der Waals surface area contributed by atoms with Crippen LogP contribution in [0.4, 0.5) is 0 Å². The van der Waals surface area contributed by atoms with E-state index < -0.39 is 97.5 Å². The van der Waals surface area contributed by atoms with E-state index in [1.807, 2.05) is 0 Å². The van der Waals surface area contributed by atoms with Gasteiger partial charge < -0.3 is 33.8 Å². The number of phosphoric ester groups is 2. The molecule has 558 valence electrons. The van der Waals surface area contributed by atoms with Gasteiger partial charge in [0.1, 0.15) is 19.3 Å². The van der Waals surface area contributed by atoms with E-state index in [2.05, 4.69) is 41.5 Å². The molecule has 0 aliphatic carbocycles. The van der Waals surface area contributed by atoms with Crippen molar-refractivity contribution in [2.75, 3.05) is 39.6 Å². The normalized spacial score (nSPS) is 14.0. The number of hydrogen-bond donors (Lipinski definition) is 3. The Labute approximate surface area is 575 Å². The van der Waals surface area contributed by atoms with E-state index in [-0.39, 0.29) is 25.7 Å². The zero-order valence-corrected chi connectivity index (χ0v) is 63.1. The Morgan fingerprint density at radius 1 is 0.287 bits per heavy atom. The molecule has 0 heterocycles. The molecule has 0 spiro atoms. The fourth-order valence-electron chi connectivity index (χ4n) is 11.5. The van der Waals surface area contributed by atoms with E-state index in [1.165, 1.54) is 199 Å². The molecule has 5 atom stereocenters. The Hall–Kier alpha value is -1.94. The number of phosphoric acid groups is 2. The molecule has 0 aromatic heterocycles. The summed E-state index contributed by atoms with van der Waals surface area (Å²) in [7, 11) is -9.91. The maximum Gasteiger partial charge on any atom is 0.472 e. The second kappa shape index (κ2) is 66.9. The van der Waals surface area contributed by atoms with Gasteiger partial charge in [-0.25, -0.2) is 9.13 Å². The van der Waals surface area contributed by atoms with E-state index >= 15 is 0 Å². The molecule has 0 amide bonds. The summed E-state index contributed by atoms with van der Waals surface area (Å²) >= 11 is 0. The van der Waals surface area contributed by atoms with Crippen molar-refractivity contribution >= 4 is 39.5 Å². The molecule has 0 fully saturated rings. The molecular weight excluding hydrogens is 1230 g/mol. The van der Waals surface area contributed by atoms with Crippen LogP contribution < -0.4 is 0 Å². The number of aliphatic hydroxyl groups is 1. The Morgan fingerprint density at radius 3 is 0.723 bits per heavy atom. The van der Waals surface area contributed by atoms with Crippen molar-refractivity contribution in [3.8, 4) is 0 Å². The first-order chi connectivity index (χ1) is 45.4. The van der Waals surface area contributed by atoms with Crippen LogP contribution in [0.1, 0.15) is 388 Å². The second-order valence-corrected chi connectivity index (χ2v) is 30.9. The first-order valence-electron chi connectivity index (χ1n) is 39.0. The molecule has 19 heteroatoms. The van der Waals surface area contributed by atoms with Gasteiger partial charge >= 0.3 is 39.5 Å². The van der Waals surface area contributed by atoms with Gasteiger partial charge in [0.2, 0.25) is 0 Å². The lowest BCUT2D eigenvalue weighted by molar-refractivity contribution is -0.161. The van der Waals surface area contributed by atoms with Gasteiger partial charge in [-0.2, -0.15) is 0 Å². The van der Waals surface area contributed by atoms with Crippen LogP contribution in [0.5, 0.6) is 0 Å². The van der Waals surface area contributed by atoms with Crippen LogP contribution in [0, 0.1) is 11.8 Å². The zero-order valence-electron chi connectivity index (χ0n) is 61.3. The number of esters is 4. The lowest BCUT2D eigenvalue weighted by atomic mass is 10.0. The van der Waals surface area contributed by atoms with E-state index in [1.54, 1.807) is 0 Å². The van der Waals surface area contributed by atoms with Crippen LogP contribution in [-0.4, -0.2) is 96.7 Å². The van der Waals surface area contributed by atoms with Gasteiger partial charge in [-0.3, -0.25) is 37.3 Å². The molecule has 0 saturated heterocycles. The van der Waals surface area contributed by atoms with Crippen molar-refractivity contribution in [2.24, 2.45) is 11.8 Å². The number of hydrogen-bond acceptors (Lipinski definition) is 15. The largest absolute Gasteiger partial charge is 0.472 e. The fraction of sp³-hybridized carbons (Fsp3) is 0.947. The van der Waals surface area contributed by atoms with Crippen LogP contribution in [0.15, 0.2) is 0 Å². The Morgan fingerprint density at radius 2 is 0.489 bits per heavy atom. The van der Waals surface area contributed by atoms with Gasteiger partial charge in [0.25, 0.3) is 0 Å². The smallest absolute Gasteiger partial charge is 0.462 e. The molecule has 3 N–H and O–H groups in total. The Bertz CT molecular complexity index is 1820. The minimum absolute atomic E-state index is 0.106. The molecule has 0 aliphatic heterocycles. The highest BCUT2D eigenvalue weighted by molar-refractivity contribution is 7.47. The van der Waals surface area contributed by atoms with Crippen molar-refractivity contribution < 1.29 is 80.2 Å². The molecule has 94 heavy (non-hydrogen) atoms. The summed E-state index contributed by atoms with van der Waals surface area (Å²) in [6.45, 7) is 9.49. The Kier molecular flexibility index (Phi) is 65.5. The molecule has 0 aromatic rings. The first kappa shape index (κ1) is 92.1. The summed E-state index contributed by atoms with van der Waals surface area (Å²) < 4.78 is 68.4. The van der Waals surface area contributed by atoms with E-state index in [4.69, 9.17) is 37.0 Å². The minimum atomic E-state index is -4.96. The third kappa shape index (κ3) is 68.6. The maximum absolute atomic E-state index is 13.1. The van der Waals surface area contributed by atoms with Crippen LogP contribution in [-0.2, 0) is 65.4 Å². The van der Waals surface area contributed by atoms with Crippen molar-refractivity contribution in [1.82, 2.24) is 0 Å². The average Bonchev–Trinajstić information content (AvgIpc) is 2.70. The average molecular weight is 1380 g/mol. The molecule has 0 rings (SSSR count). The Balaban J connectivity index is 5.18. The minimum Gasteiger partial charge on any atom is -0.462 e. The van der Waals surface area contributed by atoms with Crippen LogP contribution >= 0.6 is 15.6 Å². The van der Waals surface area contributed by atoms with Crippen LogP contribution in [0.2, 0.25) is 0 Å². The lowest BCUT2D eigenvalue weighted by Crippen LogP contribution is -2.30. The van der Waals surface area contributed by atoms with E-state index in [0.717, 1.165) is 102 Å². The van der Waals surface area contributed by atoms with E-state index in [9.17, 15) is 43.2 Å². The maximum atomic E-state index is 13.1. The highest BCUT2D eigenvalue weighted by Gasteiger charge is 2.30. The van der Waals surface area contributed by atoms with Crippen molar-refractivity contribution in [3.63, 3.8) is 0 Å². The van der Waals surface area contributed by atoms with Gasteiger partial charge in [-0.1, -0.05) is 337 Å². The molecule has 0 saturated carbocycles. The fourth-order valence-corrected chi connectivity index (χ4v) is 13.1. The van der Waals surface area contributed by atoms with Gasteiger partial charge in [0.05, 0.1) is 26.4 Å². The topological polar surface area (TPSA) is 237 Å². The predicted octanol–water partition coefficient (Wildman–Crippen LogP) is 21.9. The summed E-state index contributed by atoms with van der Waals surface area (Å²) in [5.74, 6) is -0.682. The number of carbonyl (C=O) groups is 4. The van der Waals surface area contributed by atoms with Crippen molar-refractivity contribution in [1.29, 1.82) is 0 Å². The molecule has 2 unspecified atom stereocenters. The van der Waals surface area contributed by atoms with Crippen LogP contribution in [0.3, 0.4) is 0 Å². The van der Waals surface area contributed by atoms with Gasteiger partial charge in [-0.15, -0.1) is 0 Å². The van der Waals surface area contributed by atoms with Gasteiger partial charge in [0, 0.05) is 25.7 Å². The van der Waals surface area contributed by atoms with Gasteiger partial charge in [-0.05, 0) is 37.5 Å². The monoisotopic (exact) mass is 1380 g/mol. The molecule has 0 radical (unpaired) electrons. The molecule has 17 nitrogen and oxygen atoms in total. The van der Waals surface area contributed by atoms with Crippen molar-refractivity contribution in [3.05, 3.63) is 0 Å². The lowest BCUT2D eigenvalue weighted by Gasteiger charge is -2.21. The van der Waals surface area contributed by atoms with Crippen LogP contribution in [0.25, 0.3) is 0 Å². The molecule has 0 aromatic carbocycles. The zero-order chi connectivity index (χ0) is 69.3. The number of carbonyl (C=O) groups excluding carboxylic acids is 4. The van der Waals surface area contributed by atoms with Crippen molar-refractivity contribution in [2.45, 2.75) is 407 Å². The molecule has 0 bridgehead atoms. The number of ether oxygens (including phenoxy) is 4. The molecular formula is C75H146O17P2. The third-order valence-electron chi connectivity index (χ3n) is 17.5. The van der Waals surface area contributed by atoms with Gasteiger partial charge in [0.15, 0.2) is 12.2 Å². The first-order valence-corrected chi connectivity index (χ1v) is 42.0. The third-order valence-corrected chi connectivity index (χ3v) is 19.4. The molecule has 0 aliphatic rings. The number of unbranched alkanes of at least 4 members (excludes halogenated alkanes) is 44. The summed E-state index contributed by atoms with van der Waals surface area (Å²) in [5.41, 5.74) is 0. The highest BCUT2D eigenvalue weighted by atomic mass is 31.2. The SMILES string of the molecule is CCCCCCCCCCCCCCCCCCCCCCCC(=O)O[C@H](COC(=O)CCCCCCCCCCCCC(C)C)COP(=O)(O)OC[C@@H](O)COP(=O)(O)OC[C@@H](COC(=O)CCCCCCCCC(C)C)OC(=O)CCCCCCCCCCCCC. The summed E-state index contributed by atoms with van der Waals surface area (Å²) in [4.78, 5) is 72.7. The summed E-state index contributed by atoms with van der Waals surface area (Å²) in [6, 6.07) is 0. The number of rotatable bonds is 74. The summed E-state index contributed by atoms with van der Waals surface area (Å²) in [5, 5.41) is 10.6. The highest BCUT2D eigenvalue weighted by Crippen LogP contribution is 2.45. The quantitative estimate of drug-likeness (QED) is 0.0222. The predicted molar refractivity (Wildman–Crippen MR) is 381 cm³/mol. The van der Waals surface area contributed by atoms with E-state index in [0.29, 0.717) is 31.6 Å². The second-order valence-electron chi connectivity index (χ2n) is 28.0. The summed E-state index contributed by atoms with van der Waals surface area (Å²) in [6.07, 6.45) is 54.4.